The highest BCUT2D eigenvalue weighted by atomic mass is 35.7. The van der Waals surface area contributed by atoms with Crippen molar-refractivity contribution in [1.29, 1.82) is 0 Å². The van der Waals surface area contributed by atoms with E-state index in [0.717, 1.165) is 0 Å². The summed E-state index contributed by atoms with van der Waals surface area (Å²) in [6.07, 6.45) is 0.884. The SMILES string of the molecule is CC(C)(CC(SCl)C(=O)OCCCCOC(=O)C(CC(C)(C)C(=O)O)SCl)C(=O)O. The molecule has 0 spiro atoms. The lowest BCUT2D eigenvalue weighted by Gasteiger charge is -2.23. The monoisotopic (exact) mass is 506 g/mol. The number of ether oxygens (including phenoxy) is 2. The summed E-state index contributed by atoms with van der Waals surface area (Å²) >= 11 is 0. The van der Waals surface area contributed by atoms with Crippen LogP contribution in [0.15, 0.2) is 0 Å². The summed E-state index contributed by atoms with van der Waals surface area (Å²) in [5.74, 6) is -3.27. The molecule has 0 aliphatic heterocycles. The molecule has 0 rings (SSSR count). The molecule has 12 heteroatoms. The second-order valence-corrected chi connectivity index (χ2v) is 10.5. The molecular formula is C18H28Cl2O8S2. The standard InChI is InChI=1S/C18H28Cl2O8S2/c1-17(2,15(23)24)9-11(29-19)13(21)27-7-5-6-8-28-14(22)12(30-20)10-18(3,4)16(25)26/h11-12H,5-10H2,1-4H3,(H,23,24)(H,25,26). The van der Waals surface area contributed by atoms with Crippen molar-refractivity contribution >= 4 is 67.2 Å². The van der Waals surface area contributed by atoms with Gasteiger partial charge in [-0.05, 0) is 96.7 Å². The molecule has 2 atom stereocenters. The summed E-state index contributed by atoms with van der Waals surface area (Å²) in [4.78, 5) is 46.5. The van der Waals surface area contributed by atoms with Crippen LogP contribution in [0.3, 0.4) is 0 Å². The van der Waals surface area contributed by atoms with Gasteiger partial charge in [-0.1, -0.05) is 0 Å². The lowest BCUT2D eigenvalue weighted by atomic mass is 9.88. The van der Waals surface area contributed by atoms with Crippen molar-refractivity contribution in [3.8, 4) is 0 Å². The molecule has 0 bridgehead atoms. The molecule has 0 heterocycles. The minimum absolute atomic E-state index is 0.0249. The molecule has 174 valence electrons. The van der Waals surface area contributed by atoms with Crippen molar-refractivity contribution in [2.75, 3.05) is 13.2 Å². The molecule has 0 saturated heterocycles. The van der Waals surface area contributed by atoms with E-state index < -0.39 is 45.2 Å². The predicted octanol–water partition coefficient (Wildman–Crippen LogP) is 4.37. The Bertz CT molecular complexity index is 561. The molecule has 0 aromatic rings. The second kappa shape index (κ2) is 13.5. The Labute approximate surface area is 193 Å². The summed E-state index contributed by atoms with van der Waals surface area (Å²) in [5.41, 5.74) is -2.24. The van der Waals surface area contributed by atoms with E-state index in [0.29, 0.717) is 34.8 Å². The van der Waals surface area contributed by atoms with Crippen LogP contribution in [0.5, 0.6) is 0 Å². The Morgan fingerprint density at radius 2 is 1.07 bits per heavy atom. The first kappa shape index (κ1) is 29.2. The maximum atomic E-state index is 12.1. The zero-order chi connectivity index (χ0) is 23.5. The second-order valence-electron chi connectivity index (χ2n) is 7.98. The van der Waals surface area contributed by atoms with Crippen LogP contribution in [-0.4, -0.2) is 57.8 Å². The number of esters is 2. The quantitative estimate of drug-likeness (QED) is 0.244. The lowest BCUT2D eigenvalue weighted by molar-refractivity contribution is -0.151. The number of carbonyl (C=O) groups excluding carboxylic acids is 2. The fourth-order valence-corrected chi connectivity index (χ4v) is 4.19. The van der Waals surface area contributed by atoms with E-state index in [1.165, 1.54) is 27.7 Å². The fourth-order valence-electron chi connectivity index (χ4n) is 2.14. The van der Waals surface area contributed by atoms with Crippen LogP contribution in [0, 0.1) is 10.8 Å². The number of unbranched alkanes of at least 4 members (excludes halogenated alkanes) is 1. The highest BCUT2D eigenvalue weighted by Gasteiger charge is 2.35. The molecule has 0 aliphatic rings. The molecule has 0 aromatic carbocycles. The molecule has 0 saturated carbocycles. The van der Waals surface area contributed by atoms with Gasteiger partial charge in [-0.3, -0.25) is 19.2 Å². The van der Waals surface area contributed by atoms with Crippen molar-refractivity contribution in [3.63, 3.8) is 0 Å². The number of carbonyl (C=O) groups is 4. The number of hydrogen-bond acceptors (Lipinski definition) is 8. The number of carboxylic acid groups (broad SMARTS) is 2. The third kappa shape index (κ3) is 10.5. The topological polar surface area (TPSA) is 127 Å². The number of rotatable bonds is 15. The Morgan fingerprint density at radius 3 is 1.30 bits per heavy atom. The number of aliphatic carboxylic acids is 2. The van der Waals surface area contributed by atoms with Gasteiger partial charge in [-0.25, -0.2) is 0 Å². The highest BCUT2D eigenvalue weighted by Crippen LogP contribution is 2.32. The minimum atomic E-state index is -1.12. The van der Waals surface area contributed by atoms with Crippen LogP contribution < -0.4 is 0 Å². The Hall–Kier alpha value is -0.840. The first-order chi connectivity index (χ1) is 13.8. The van der Waals surface area contributed by atoms with E-state index in [9.17, 15) is 19.2 Å². The van der Waals surface area contributed by atoms with Gasteiger partial charge in [0.15, 0.2) is 0 Å². The van der Waals surface area contributed by atoms with Gasteiger partial charge in [0.1, 0.15) is 10.5 Å². The number of carboxylic acids is 2. The Morgan fingerprint density at radius 1 is 0.767 bits per heavy atom. The molecule has 2 N–H and O–H groups in total. The van der Waals surface area contributed by atoms with Gasteiger partial charge in [0.25, 0.3) is 0 Å². The summed E-state index contributed by atoms with van der Waals surface area (Å²) in [7, 11) is 12.8. The average molecular weight is 507 g/mol. The van der Waals surface area contributed by atoms with Gasteiger partial charge in [-0.15, -0.1) is 0 Å². The zero-order valence-electron chi connectivity index (χ0n) is 17.3. The van der Waals surface area contributed by atoms with Crippen LogP contribution in [0.1, 0.15) is 53.4 Å². The smallest absolute Gasteiger partial charge is 0.320 e. The third-order valence-electron chi connectivity index (χ3n) is 4.32. The molecule has 0 amide bonds. The van der Waals surface area contributed by atoms with Crippen LogP contribution in [0.4, 0.5) is 0 Å². The summed E-state index contributed by atoms with van der Waals surface area (Å²) in [6.45, 7) is 6.14. The number of hydrogen-bond donors (Lipinski definition) is 2. The predicted molar refractivity (Wildman–Crippen MR) is 118 cm³/mol. The fraction of sp³-hybridized carbons (Fsp3) is 0.778. The first-order valence-electron chi connectivity index (χ1n) is 9.13. The van der Waals surface area contributed by atoms with Crippen molar-refractivity contribution in [2.24, 2.45) is 10.8 Å². The van der Waals surface area contributed by atoms with Crippen LogP contribution in [0.25, 0.3) is 0 Å². The lowest BCUT2D eigenvalue weighted by Crippen LogP contribution is -2.32. The van der Waals surface area contributed by atoms with Crippen molar-refractivity contribution in [2.45, 2.75) is 63.9 Å². The van der Waals surface area contributed by atoms with E-state index in [1.807, 2.05) is 0 Å². The summed E-state index contributed by atoms with van der Waals surface area (Å²) in [5, 5.41) is 16.7. The van der Waals surface area contributed by atoms with E-state index in [1.54, 1.807) is 0 Å². The average Bonchev–Trinajstić information content (AvgIpc) is 2.66. The van der Waals surface area contributed by atoms with E-state index in [2.05, 4.69) is 0 Å². The maximum Gasteiger partial charge on any atom is 0.320 e. The maximum absolute atomic E-state index is 12.1. The first-order valence-corrected chi connectivity index (χ1v) is 12.5. The third-order valence-corrected chi connectivity index (χ3v) is 6.76. The summed E-state index contributed by atoms with van der Waals surface area (Å²) in [6, 6.07) is 0. The van der Waals surface area contributed by atoms with E-state index >= 15 is 0 Å². The van der Waals surface area contributed by atoms with Crippen LogP contribution in [-0.2, 0) is 28.7 Å². The molecule has 0 aliphatic carbocycles. The molecule has 2 unspecified atom stereocenters. The molecular weight excluding hydrogens is 479 g/mol. The van der Waals surface area contributed by atoms with Gasteiger partial charge in [-0.2, -0.15) is 0 Å². The summed E-state index contributed by atoms with van der Waals surface area (Å²) < 4.78 is 10.2. The van der Waals surface area contributed by atoms with E-state index in [-0.39, 0.29) is 26.1 Å². The van der Waals surface area contributed by atoms with Gasteiger partial charge < -0.3 is 19.7 Å². The minimum Gasteiger partial charge on any atom is -0.481 e. The van der Waals surface area contributed by atoms with Gasteiger partial charge in [0.05, 0.1) is 24.0 Å². The van der Waals surface area contributed by atoms with Crippen LogP contribution >= 0.6 is 43.3 Å². The highest BCUT2D eigenvalue weighted by molar-refractivity contribution is 8.22. The van der Waals surface area contributed by atoms with Crippen molar-refractivity contribution < 1.29 is 38.9 Å². The van der Waals surface area contributed by atoms with Gasteiger partial charge in [0.2, 0.25) is 0 Å². The number of halogens is 2. The largest absolute Gasteiger partial charge is 0.481 e. The van der Waals surface area contributed by atoms with E-state index in [4.69, 9.17) is 41.1 Å². The normalized spacial score (nSPS) is 13.9. The Kier molecular flexibility index (Phi) is 13.2. The van der Waals surface area contributed by atoms with Gasteiger partial charge >= 0.3 is 23.9 Å². The van der Waals surface area contributed by atoms with Crippen molar-refractivity contribution in [1.82, 2.24) is 0 Å². The Balaban J connectivity index is 4.28. The zero-order valence-corrected chi connectivity index (χ0v) is 20.5. The molecule has 8 nitrogen and oxygen atoms in total. The molecule has 0 radical (unpaired) electrons. The van der Waals surface area contributed by atoms with Crippen LogP contribution in [0.2, 0.25) is 0 Å². The molecule has 30 heavy (non-hydrogen) atoms. The van der Waals surface area contributed by atoms with Gasteiger partial charge in [0, 0.05) is 0 Å². The molecule has 0 fully saturated rings. The van der Waals surface area contributed by atoms with Crippen molar-refractivity contribution in [3.05, 3.63) is 0 Å². The molecule has 0 aromatic heterocycles.